The van der Waals surface area contributed by atoms with Crippen molar-refractivity contribution < 1.29 is 4.79 Å². The van der Waals surface area contributed by atoms with E-state index >= 15 is 0 Å². The fourth-order valence-electron chi connectivity index (χ4n) is 1.61. The monoisotopic (exact) mass is 205 g/mol. The molecule has 0 radical (unpaired) electrons. The molecular formula is C11H15N3O. The van der Waals surface area contributed by atoms with E-state index in [0.717, 1.165) is 11.1 Å². The van der Waals surface area contributed by atoms with Crippen LogP contribution in [0.1, 0.15) is 18.1 Å². The van der Waals surface area contributed by atoms with Gasteiger partial charge in [0, 0.05) is 6.92 Å². The summed E-state index contributed by atoms with van der Waals surface area (Å²) in [5.74, 6) is -0.500. The van der Waals surface area contributed by atoms with E-state index in [0.29, 0.717) is 5.69 Å². The topological polar surface area (TPSA) is 70.2 Å². The SMILES string of the molecule is CC(=O)N(C(=N)N)c1c(C)cccc1C. The Morgan fingerprint density at radius 3 is 2.13 bits per heavy atom. The van der Waals surface area contributed by atoms with Crippen molar-refractivity contribution in [3.63, 3.8) is 0 Å². The number of nitrogens with zero attached hydrogens (tertiary/aromatic N) is 1. The largest absolute Gasteiger partial charge is 0.369 e. The lowest BCUT2D eigenvalue weighted by Gasteiger charge is -2.22. The molecular weight excluding hydrogens is 190 g/mol. The average Bonchev–Trinajstić information content (AvgIpc) is 2.09. The van der Waals surface area contributed by atoms with Crippen LogP contribution >= 0.6 is 0 Å². The molecule has 3 N–H and O–H groups in total. The molecule has 0 aliphatic carbocycles. The van der Waals surface area contributed by atoms with Crippen LogP contribution in [0.3, 0.4) is 0 Å². The summed E-state index contributed by atoms with van der Waals surface area (Å²) >= 11 is 0. The van der Waals surface area contributed by atoms with Crippen LogP contribution in [0.4, 0.5) is 5.69 Å². The molecule has 0 spiro atoms. The Balaban J connectivity index is 3.35. The van der Waals surface area contributed by atoms with Crippen molar-refractivity contribution in [2.45, 2.75) is 20.8 Å². The highest BCUT2D eigenvalue weighted by Gasteiger charge is 2.18. The molecule has 1 rings (SSSR count). The summed E-state index contributed by atoms with van der Waals surface area (Å²) in [6.45, 7) is 5.18. The fraction of sp³-hybridized carbons (Fsp3) is 0.273. The quantitative estimate of drug-likeness (QED) is 0.539. The first-order chi connectivity index (χ1) is 6.95. The van der Waals surface area contributed by atoms with Crippen molar-refractivity contribution in [2.75, 3.05) is 4.90 Å². The van der Waals surface area contributed by atoms with Crippen LogP contribution in [0.2, 0.25) is 0 Å². The van der Waals surface area contributed by atoms with E-state index in [9.17, 15) is 4.79 Å². The predicted octanol–water partition coefficient (Wildman–Crippen LogP) is 1.55. The van der Waals surface area contributed by atoms with Crippen LogP contribution in [0, 0.1) is 19.3 Å². The number of hydrogen-bond acceptors (Lipinski definition) is 2. The van der Waals surface area contributed by atoms with Crippen LogP contribution in [-0.2, 0) is 4.79 Å². The molecule has 0 unspecified atom stereocenters. The van der Waals surface area contributed by atoms with Crippen molar-refractivity contribution >= 4 is 17.6 Å². The van der Waals surface area contributed by atoms with E-state index in [4.69, 9.17) is 11.1 Å². The van der Waals surface area contributed by atoms with Gasteiger partial charge in [0.1, 0.15) is 0 Å². The number of nitrogens with two attached hydrogens (primary N) is 1. The molecule has 1 aromatic carbocycles. The average molecular weight is 205 g/mol. The first-order valence-corrected chi connectivity index (χ1v) is 4.66. The first-order valence-electron chi connectivity index (χ1n) is 4.66. The van der Waals surface area contributed by atoms with Crippen LogP contribution in [0.25, 0.3) is 0 Å². The lowest BCUT2D eigenvalue weighted by molar-refractivity contribution is -0.115. The van der Waals surface area contributed by atoms with Gasteiger partial charge in [0.25, 0.3) is 0 Å². The molecule has 0 fully saturated rings. The number of para-hydroxylation sites is 1. The van der Waals surface area contributed by atoms with Crippen molar-refractivity contribution in [1.29, 1.82) is 5.41 Å². The Bertz CT molecular complexity index is 378. The number of benzene rings is 1. The number of guanidine groups is 1. The van der Waals surface area contributed by atoms with E-state index in [1.807, 2.05) is 32.0 Å². The van der Waals surface area contributed by atoms with E-state index in [1.165, 1.54) is 11.8 Å². The lowest BCUT2D eigenvalue weighted by Crippen LogP contribution is -2.40. The third-order valence-electron chi connectivity index (χ3n) is 2.22. The molecule has 1 amide bonds. The van der Waals surface area contributed by atoms with Gasteiger partial charge in [-0.15, -0.1) is 0 Å². The van der Waals surface area contributed by atoms with Gasteiger partial charge in [-0.25, -0.2) is 0 Å². The summed E-state index contributed by atoms with van der Waals surface area (Å²) in [6, 6.07) is 5.69. The van der Waals surface area contributed by atoms with Crippen molar-refractivity contribution in [3.8, 4) is 0 Å². The standard InChI is InChI=1S/C11H15N3O/c1-7-5-4-6-8(2)10(7)14(9(3)15)11(12)13/h4-6H,1-3H3,(H3,12,13). The minimum atomic E-state index is -0.250. The molecule has 4 nitrogen and oxygen atoms in total. The van der Waals surface area contributed by atoms with Gasteiger partial charge in [0.2, 0.25) is 5.91 Å². The molecule has 0 aliphatic heterocycles. The number of carbonyl (C=O) groups is 1. The maximum absolute atomic E-state index is 11.4. The van der Waals surface area contributed by atoms with Crippen LogP contribution in [-0.4, -0.2) is 11.9 Å². The van der Waals surface area contributed by atoms with Gasteiger partial charge in [0.05, 0.1) is 5.69 Å². The van der Waals surface area contributed by atoms with E-state index < -0.39 is 0 Å². The lowest BCUT2D eigenvalue weighted by atomic mass is 10.1. The molecule has 0 saturated heterocycles. The second-order valence-corrected chi connectivity index (χ2v) is 3.48. The molecule has 0 bridgehead atoms. The van der Waals surface area contributed by atoms with Gasteiger partial charge in [-0.1, -0.05) is 18.2 Å². The Hall–Kier alpha value is -1.84. The van der Waals surface area contributed by atoms with Crippen molar-refractivity contribution in [3.05, 3.63) is 29.3 Å². The second-order valence-electron chi connectivity index (χ2n) is 3.48. The third-order valence-corrected chi connectivity index (χ3v) is 2.22. The zero-order chi connectivity index (χ0) is 11.6. The molecule has 0 heterocycles. The maximum Gasteiger partial charge on any atom is 0.230 e. The van der Waals surface area contributed by atoms with E-state index in [-0.39, 0.29) is 11.9 Å². The highest BCUT2D eigenvalue weighted by atomic mass is 16.2. The Morgan fingerprint density at radius 1 is 1.33 bits per heavy atom. The fourth-order valence-corrected chi connectivity index (χ4v) is 1.61. The first kappa shape index (κ1) is 11.2. The number of nitrogens with one attached hydrogen (secondary N) is 1. The molecule has 0 atom stereocenters. The number of anilines is 1. The number of aryl methyl sites for hydroxylation is 2. The van der Waals surface area contributed by atoms with Gasteiger partial charge in [-0.2, -0.15) is 0 Å². The zero-order valence-corrected chi connectivity index (χ0v) is 9.16. The Morgan fingerprint density at radius 2 is 1.80 bits per heavy atom. The number of rotatable bonds is 1. The Labute approximate surface area is 89.2 Å². The third kappa shape index (κ3) is 2.15. The van der Waals surface area contributed by atoms with Gasteiger partial charge >= 0.3 is 0 Å². The van der Waals surface area contributed by atoms with Crippen LogP contribution < -0.4 is 10.6 Å². The summed E-state index contributed by atoms with van der Waals surface area (Å²) in [5, 5.41) is 7.40. The van der Waals surface area contributed by atoms with Crippen molar-refractivity contribution in [1.82, 2.24) is 0 Å². The molecule has 4 heteroatoms. The minimum absolute atomic E-state index is 0.250. The highest BCUT2D eigenvalue weighted by molar-refractivity contribution is 6.14. The van der Waals surface area contributed by atoms with Crippen molar-refractivity contribution in [2.24, 2.45) is 5.73 Å². The molecule has 0 saturated carbocycles. The van der Waals surface area contributed by atoms with Gasteiger partial charge in [0.15, 0.2) is 5.96 Å². The van der Waals surface area contributed by atoms with Gasteiger partial charge in [-0.05, 0) is 25.0 Å². The normalized spacial score (nSPS) is 9.80. The zero-order valence-electron chi connectivity index (χ0n) is 9.16. The number of carbonyl (C=O) groups excluding carboxylic acids is 1. The van der Waals surface area contributed by atoms with Crippen LogP contribution in [0.15, 0.2) is 18.2 Å². The van der Waals surface area contributed by atoms with Gasteiger partial charge < -0.3 is 5.73 Å². The molecule has 80 valence electrons. The minimum Gasteiger partial charge on any atom is -0.369 e. The highest BCUT2D eigenvalue weighted by Crippen LogP contribution is 2.24. The number of hydrogen-bond donors (Lipinski definition) is 2. The predicted molar refractivity (Wildman–Crippen MR) is 61.0 cm³/mol. The molecule has 15 heavy (non-hydrogen) atoms. The number of amides is 1. The molecule has 1 aromatic rings. The molecule has 0 aliphatic rings. The summed E-state index contributed by atoms with van der Waals surface area (Å²) in [6.07, 6.45) is 0. The maximum atomic E-state index is 11.4. The summed E-state index contributed by atoms with van der Waals surface area (Å²) in [5.41, 5.74) is 7.96. The van der Waals surface area contributed by atoms with Crippen LogP contribution in [0.5, 0.6) is 0 Å². The summed E-state index contributed by atoms with van der Waals surface area (Å²) in [7, 11) is 0. The van der Waals surface area contributed by atoms with E-state index in [2.05, 4.69) is 0 Å². The summed E-state index contributed by atoms with van der Waals surface area (Å²) in [4.78, 5) is 12.6. The smallest absolute Gasteiger partial charge is 0.230 e. The van der Waals surface area contributed by atoms with Gasteiger partial charge in [-0.3, -0.25) is 15.1 Å². The van der Waals surface area contributed by atoms with E-state index in [1.54, 1.807) is 0 Å². The summed E-state index contributed by atoms with van der Waals surface area (Å²) < 4.78 is 0. The Kier molecular flexibility index (Phi) is 3.09. The molecule has 0 aromatic heterocycles. The second kappa shape index (κ2) is 4.13.